The maximum absolute atomic E-state index is 4.66. The molecule has 1 atom stereocenters. The maximum atomic E-state index is 4.66. The van der Waals surface area contributed by atoms with E-state index in [0.29, 0.717) is 6.54 Å². The molecule has 2 aliphatic rings. The summed E-state index contributed by atoms with van der Waals surface area (Å²) in [5, 5.41) is 16.0. The number of aryl methyl sites for hydroxylation is 1. The summed E-state index contributed by atoms with van der Waals surface area (Å²) in [6.07, 6.45) is 4.89. The second-order valence-corrected chi connectivity index (χ2v) is 6.91. The van der Waals surface area contributed by atoms with Crippen LogP contribution in [0.25, 0.3) is 0 Å². The standard InChI is InChI=1S/C14H24N6S.HI/c1-2-15-14(16-9-11-5-4-8-21-11)17-10-13-19-18-12-6-3-7-20(12)13;/h11H,2-10H2,1H3,(H2,15,16,17);1H. The van der Waals surface area contributed by atoms with E-state index >= 15 is 0 Å². The number of nitrogens with one attached hydrogen (secondary N) is 2. The van der Waals surface area contributed by atoms with Gasteiger partial charge in [0, 0.05) is 31.3 Å². The molecule has 0 amide bonds. The zero-order valence-corrected chi connectivity index (χ0v) is 16.2. The lowest BCUT2D eigenvalue weighted by Crippen LogP contribution is -2.40. The Hall–Kier alpha value is -0.510. The van der Waals surface area contributed by atoms with Crippen LogP contribution < -0.4 is 10.6 Å². The van der Waals surface area contributed by atoms with Crippen LogP contribution in [0.4, 0.5) is 0 Å². The summed E-state index contributed by atoms with van der Waals surface area (Å²) < 4.78 is 2.21. The fraction of sp³-hybridized carbons (Fsp3) is 0.786. The molecule has 22 heavy (non-hydrogen) atoms. The second-order valence-electron chi connectivity index (χ2n) is 5.50. The number of aliphatic imine (C=N–C) groups is 1. The Morgan fingerprint density at radius 1 is 1.36 bits per heavy atom. The highest BCUT2D eigenvalue weighted by molar-refractivity contribution is 14.0. The molecule has 0 radical (unpaired) electrons. The zero-order valence-electron chi connectivity index (χ0n) is 13.0. The lowest BCUT2D eigenvalue weighted by atomic mass is 10.2. The quantitative estimate of drug-likeness (QED) is 0.419. The highest BCUT2D eigenvalue weighted by atomic mass is 127. The monoisotopic (exact) mass is 436 g/mol. The predicted octanol–water partition coefficient (Wildman–Crippen LogP) is 1.79. The Balaban J connectivity index is 0.00000176. The first-order chi connectivity index (χ1) is 10.4. The van der Waals surface area contributed by atoms with Crippen LogP contribution in [0, 0.1) is 0 Å². The fourth-order valence-electron chi connectivity index (χ4n) is 2.84. The molecule has 3 heterocycles. The Morgan fingerprint density at radius 2 is 2.27 bits per heavy atom. The molecule has 8 heteroatoms. The van der Waals surface area contributed by atoms with Gasteiger partial charge in [-0.25, -0.2) is 4.99 Å². The number of thioether (sulfide) groups is 1. The summed E-state index contributed by atoms with van der Waals surface area (Å²) in [5.41, 5.74) is 0. The fourth-order valence-corrected chi connectivity index (χ4v) is 4.04. The predicted molar refractivity (Wildman–Crippen MR) is 102 cm³/mol. The summed E-state index contributed by atoms with van der Waals surface area (Å²) in [6.45, 7) is 5.60. The first-order valence-electron chi connectivity index (χ1n) is 7.91. The van der Waals surface area contributed by atoms with Gasteiger partial charge in [0.15, 0.2) is 11.8 Å². The molecule has 0 aromatic carbocycles. The van der Waals surface area contributed by atoms with Crippen molar-refractivity contribution in [1.29, 1.82) is 0 Å². The Kier molecular flexibility index (Phi) is 7.26. The molecule has 0 spiro atoms. The minimum absolute atomic E-state index is 0. The molecule has 1 unspecified atom stereocenters. The van der Waals surface area contributed by atoms with Gasteiger partial charge in [-0.1, -0.05) is 0 Å². The van der Waals surface area contributed by atoms with Crippen molar-refractivity contribution >= 4 is 41.7 Å². The van der Waals surface area contributed by atoms with E-state index in [1.807, 2.05) is 0 Å². The number of hydrogen-bond donors (Lipinski definition) is 2. The van der Waals surface area contributed by atoms with Crippen LogP contribution in [0.1, 0.15) is 37.8 Å². The van der Waals surface area contributed by atoms with E-state index in [0.717, 1.165) is 48.9 Å². The molecule has 3 rings (SSSR count). The van der Waals surface area contributed by atoms with E-state index in [1.54, 1.807) is 0 Å². The lowest BCUT2D eigenvalue weighted by Gasteiger charge is -2.14. The van der Waals surface area contributed by atoms with Gasteiger partial charge >= 0.3 is 0 Å². The summed E-state index contributed by atoms with van der Waals surface area (Å²) in [6, 6.07) is 0. The molecular formula is C14H25IN6S. The maximum Gasteiger partial charge on any atom is 0.191 e. The van der Waals surface area contributed by atoms with Gasteiger partial charge in [-0.3, -0.25) is 0 Å². The third kappa shape index (κ3) is 4.50. The van der Waals surface area contributed by atoms with Crippen molar-refractivity contribution in [2.45, 2.75) is 50.9 Å². The Morgan fingerprint density at radius 3 is 3.05 bits per heavy atom. The van der Waals surface area contributed by atoms with E-state index in [2.05, 4.69) is 49.1 Å². The summed E-state index contributed by atoms with van der Waals surface area (Å²) in [5.74, 6) is 4.28. The molecule has 124 valence electrons. The van der Waals surface area contributed by atoms with E-state index in [9.17, 15) is 0 Å². The molecule has 1 aromatic heterocycles. The number of hydrogen-bond acceptors (Lipinski definition) is 4. The molecule has 1 saturated heterocycles. The van der Waals surface area contributed by atoms with Crippen LogP contribution in [-0.2, 0) is 19.5 Å². The first kappa shape index (κ1) is 17.8. The largest absolute Gasteiger partial charge is 0.357 e. The molecule has 0 aliphatic carbocycles. The number of halogens is 1. The molecule has 2 N–H and O–H groups in total. The van der Waals surface area contributed by atoms with Gasteiger partial charge in [0.25, 0.3) is 0 Å². The van der Waals surface area contributed by atoms with Crippen LogP contribution in [0.3, 0.4) is 0 Å². The molecular weight excluding hydrogens is 411 g/mol. The molecule has 1 fully saturated rings. The number of fused-ring (bicyclic) bond motifs is 1. The summed E-state index contributed by atoms with van der Waals surface area (Å²) >= 11 is 2.06. The van der Waals surface area contributed by atoms with Gasteiger partial charge in [0.2, 0.25) is 0 Å². The van der Waals surface area contributed by atoms with Gasteiger partial charge in [0.05, 0.1) is 0 Å². The molecule has 0 bridgehead atoms. The van der Waals surface area contributed by atoms with E-state index in [4.69, 9.17) is 0 Å². The molecule has 0 saturated carbocycles. The third-order valence-electron chi connectivity index (χ3n) is 3.93. The number of rotatable bonds is 5. The van der Waals surface area contributed by atoms with Crippen LogP contribution >= 0.6 is 35.7 Å². The van der Waals surface area contributed by atoms with Gasteiger partial charge in [-0.2, -0.15) is 11.8 Å². The van der Waals surface area contributed by atoms with Crippen LogP contribution in [0.5, 0.6) is 0 Å². The SMILES string of the molecule is CCNC(=NCc1nnc2n1CCC2)NCC1CCCS1.I. The number of aromatic nitrogens is 3. The van der Waals surface area contributed by atoms with Crippen molar-refractivity contribution in [3.05, 3.63) is 11.6 Å². The molecule has 2 aliphatic heterocycles. The van der Waals surface area contributed by atoms with E-state index in [-0.39, 0.29) is 24.0 Å². The van der Waals surface area contributed by atoms with Crippen molar-refractivity contribution in [2.75, 3.05) is 18.8 Å². The topological polar surface area (TPSA) is 67.1 Å². The van der Waals surface area contributed by atoms with Crippen molar-refractivity contribution in [1.82, 2.24) is 25.4 Å². The average molecular weight is 436 g/mol. The van der Waals surface area contributed by atoms with E-state index in [1.165, 1.54) is 25.0 Å². The van der Waals surface area contributed by atoms with Crippen LogP contribution in [0.2, 0.25) is 0 Å². The summed E-state index contributed by atoms with van der Waals surface area (Å²) in [7, 11) is 0. The smallest absolute Gasteiger partial charge is 0.191 e. The Bertz CT molecular complexity index is 498. The minimum atomic E-state index is 0. The number of guanidine groups is 1. The average Bonchev–Trinajstić information content (AvgIpc) is 3.19. The lowest BCUT2D eigenvalue weighted by molar-refractivity contribution is 0.681. The van der Waals surface area contributed by atoms with Crippen molar-refractivity contribution in [3.63, 3.8) is 0 Å². The van der Waals surface area contributed by atoms with Crippen LogP contribution in [0.15, 0.2) is 4.99 Å². The highest BCUT2D eigenvalue weighted by Crippen LogP contribution is 2.25. The third-order valence-corrected chi connectivity index (χ3v) is 5.33. The molecule has 6 nitrogen and oxygen atoms in total. The van der Waals surface area contributed by atoms with E-state index < -0.39 is 0 Å². The normalized spacial score (nSPS) is 20.6. The van der Waals surface area contributed by atoms with Gasteiger partial charge in [0.1, 0.15) is 12.4 Å². The number of nitrogens with zero attached hydrogens (tertiary/aromatic N) is 4. The van der Waals surface area contributed by atoms with Gasteiger partial charge in [-0.15, -0.1) is 34.2 Å². The zero-order chi connectivity index (χ0) is 14.5. The minimum Gasteiger partial charge on any atom is -0.357 e. The summed E-state index contributed by atoms with van der Waals surface area (Å²) in [4.78, 5) is 4.66. The molecule has 1 aromatic rings. The second kappa shape index (κ2) is 8.95. The Labute approximate surface area is 153 Å². The van der Waals surface area contributed by atoms with Crippen molar-refractivity contribution in [3.8, 4) is 0 Å². The van der Waals surface area contributed by atoms with Crippen LogP contribution in [-0.4, -0.2) is 44.8 Å². The highest BCUT2D eigenvalue weighted by Gasteiger charge is 2.17. The first-order valence-corrected chi connectivity index (χ1v) is 8.96. The van der Waals surface area contributed by atoms with Gasteiger partial charge in [-0.05, 0) is 31.9 Å². The van der Waals surface area contributed by atoms with Gasteiger partial charge < -0.3 is 15.2 Å². The van der Waals surface area contributed by atoms with Crippen molar-refractivity contribution in [2.24, 2.45) is 4.99 Å². The van der Waals surface area contributed by atoms with Crippen molar-refractivity contribution < 1.29 is 0 Å².